The van der Waals surface area contributed by atoms with Gasteiger partial charge in [-0.05, 0) is 76.2 Å². The van der Waals surface area contributed by atoms with E-state index < -0.39 is 72.2 Å². The van der Waals surface area contributed by atoms with Crippen LogP contribution in [0.3, 0.4) is 0 Å². The van der Waals surface area contributed by atoms with E-state index in [1.807, 2.05) is 0 Å². The number of hydrogen-bond donors (Lipinski definition) is 2. The fourth-order valence-corrected chi connectivity index (χ4v) is 7.87. The first-order valence-electron chi connectivity index (χ1n) is 21.5. The number of anilines is 3. The van der Waals surface area contributed by atoms with Crippen LogP contribution < -0.4 is 30.3 Å². The molecule has 2 saturated heterocycles. The fraction of sp³-hybridized carbons (Fsp3) is 0.378. The first-order valence-corrected chi connectivity index (χ1v) is 21.5. The van der Waals surface area contributed by atoms with Crippen LogP contribution in [-0.4, -0.2) is 97.3 Å². The van der Waals surface area contributed by atoms with Gasteiger partial charge in [0.1, 0.15) is 86.6 Å². The van der Waals surface area contributed by atoms with Crippen LogP contribution in [0.2, 0.25) is 0 Å². The molecule has 6 aromatic rings. The SMILES string of the molecule is C.C[C@H](F)[C@H]1COC(=O)N1c1ccnc(F)n1.C[C@H](N)c1ncn2c1COc1cc(C(F)(F)F)ccc1-2.C[C@H](Nc1nccc(N2C(=O)OC[C@@H]2[C@H](C)F)n1)c1ncn2c1COc1cc(C(F)(F)F)ccc1-2.[B]. The topological polar surface area (TPSA) is 203 Å². The fourth-order valence-electron chi connectivity index (χ4n) is 7.87. The number of alkyl halides is 8. The van der Waals surface area contributed by atoms with Gasteiger partial charge < -0.3 is 30.0 Å². The molecule has 3 N–H and O–H groups in total. The molecule has 4 aliphatic heterocycles. The van der Waals surface area contributed by atoms with Crippen molar-refractivity contribution in [3.05, 3.63) is 114 Å². The second-order valence-electron chi connectivity index (χ2n) is 16.3. The summed E-state index contributed by atoms with van der Waals surface area (Å²) in [6.45, 7) is 6.28. The number of nitrogens with two attached hydrogens (primary N) is 1. The van der Waals surface area contributed by atoms with Gasteiger partial charge in [0.15, 0.2) is 0 Å². The summed E-state index contributed by atoms with van der Waals surface area (Å²) in [5, 5.41) is 3.10. The maximum absolute atomic E-state index is 13.9. The average Bonchev–Trinajstić information content (AvgIpc) is 4.13. The van der Waals surface area contributed by atoms with Crippen molar-refractivity contribution in [3.8, 4) is 22.9 Å². The summed E-state index contributed by atoms with van der Waals surface area (Å²) >= 11 is 0. The maximum Gasteiger partial charge on any atom is 0.416 e. The van der Waals surface area contributed by atoms with Crippen LogP contribution in [0.4, 0.5) is 66.7 Å². The molecule has 10 rings (SSSR count). The summed E-state index contributed by atoms with van der Waals surface area (Å²) in [7, 11) is 0. The van der Waals surface area contributed by atoms with E-state index in [0.717, 1.165) is 46.0 Å². The Hall–Kier alpha value is -7.65. The van der Waals surface area contributed by atoms with Crippen LogP contribution in [0.5, 0.6) is 11.5 Å². The van der Waals surface area contributed by atoms with Gasteiger partial charge in [0, 0.05) is 26.8 Å². The molecule has 6 atom stereocenters. The molecule has 73 heavy (non-hydrogen) atoms. The van der Waals surface area contributed by atoms with Gasteiger partial charge in [0.2, 0.25) is 5.95 Å². The number of benzene rings is 2. The van der Waals surface area contributed by atoms with Crippen molar-refractivity contribution in [2.45, 2.75) is 97.2 Å². The molecular weight excluding hydrogens is 986 g/mol. The molecule has 0 unspecified atom stereocenters. The number of imidazole rings is 2. The van der Waals surface area contributed by atoms with Crippen molar-refractivity contribution in [3.63, 3.8) is 0 Å². The van der Waals surface area contributed by atoms with Crippen molar-refractivity contribution in [2.75, 3.05) is 28.3 Å². The Balaban J connectivity index is 0.000000194. The summed E-state index contributed by atoms with van der Waals surface area (Å²) in [6.07, 6.45) is -8.19. The number of hydrogen-bond acceptors (Lipinski definition) is 14. The van der Waals surface area contributed by atoms with Gasteiger partial charge in [-0.15, -0.1) is 0 Å². The minimum atomic E-state index is -4.47. The monoisotopic (exact) mass is 1030 g/mol. The van der Waals surface area contributed by atoms with Crippen molar-refractivity contribution in [1.29, 1.82) is 0 Å². The molecule has 4 aromatic heterocycles. The molecule has 2 amide bonds. The van der Waals surface area contributed by atoms with E-state index in [1.165, 1.54) is 50.6 Å². The van der Waals surface area contributed by atoms with Crippen molar-refractivity contribution < 1.29 is 68.1 Å². The molecular formula is C45H45BF9N12O6. The smallest absolute Gasteiger partial charge is 0.416 e. The van der Waals surface area contributed by atoms with E-state index in [4.69, 9.17) is 24.7 Å². The highest BCUT2D eigenvalue weighted by Gasteiger charge is 2.41. The summed E-state index contributed by atoms with van der Waals surface area (Å²) < 4.78 is 141. The van der Waals surface area contributed by atoms with Crippen LogP contribution in [0.15, 0.2) is 73.6 Å². The largest absolute Gasteiger partial charge is 0.485 e. The standard InChI is InChI=1S/C22H20F4N6O3.C13H12F3N3O.C9H9F2N3O2.CH4.B/c1-11(23)15-8-35-21(33)32(15)18-5-6-27-20(30-18)29-12(2)19-16-9-34-17-7-13(22(24,25)26)3-4-14(17)31(16)10-28-19;1-7(17)12-10-5-20-11-4-8(13(14,15)16)2-3-9(11)19(10)6-18-12;1-5(10)6-4-16-9(15)14(6)7-2-3-12-8(11)13-7;;/h3-7,10-12,15H,8-9H2,1-2H3,(H,27,29,30);2-4,6-7H,5,17H2,1H3;2-3,5-6H,4H2,1H3;1H4;/t11-,12-,15+;7-;5-,6+;;/m000../s1. The van der Waals surface area contributed by atoms with Gasteiger partial charge in [-0.2, -0.15) is 40.7 Å². The predicted molar refractivity (Wildman–Crippen MR) is 243 cm³/mol. The quantitative estimate of drug-likeness (QED) is 0.0832. The lowest BCUT2D eigenvalue weighted by molar-refractivity contribution is -0.138. The third-order valence-corrected chi connectivity index (χ3v) is 11.4. The van der Waals surface area contributed by atoms with E-state index in [0.29, 0.717) is 28.5 Å². The van der Waals surface area contributed by atoms with Gasteiger partial charge in [0.05, 0.1) is 51.3 Å². The normalized spacial score (nSPS) is 18.1. The molecule has 0 aliphatic carbocycles. The van der Waals surface area contributed by atoms with Crippen LogP contribution >= 0.6 is 0 Å². The molecule has 0 spiro atoms. The highest BCUT2D eigenvalue weighted by molar-refractivity contribution is 5.90. The molecule has 28 heteroatoms. The number of halogens is 9. The van der Waals surface area contributed by atoms with Gasteiger partial charge in [-0.25, -0.2) is 38.3 Å². The van der Waals surface area contributed by atoms with Crippen LogP contribution in [0.1, 0.15) is 81.1 Å². The summed E-state index contributed by atoms with van der Waals surface area (Å²) in [5.74, 6) is 0.678. The molecule has 2 fully saturated rings. The third-order valence-electron chi connectivity index (χ3n) is 11.4. The van der Waals surface area contributed by atoms with Crippen molar-refractivity contribution in [1.82, 2.24) is 39.0 Å². The van der Waals surface area contributed by atoms with E-state index in [1.54, 1.807) is 29.3 Å². The highest BCUT2D eigenvalue weighted by atomic mass is 19.4. The minimum absolute atomic E-state index is 0. The second-order valence-corrected chi connectivity index (χ2v) is 16.3. The number of carbonyl (C=O) groups is 2. The summed E-state index contributed by atoms with van der Waals surface area (Å²) in [6, 6.07) is 7.27. The Labute approximate surface area is 412 Å². The van der Waals surface area contributed by atoms with E-state index >= 15 is 0 Å². The molecule has 8 heterocycles. The first kappa shape index (κ1) is 54.7. The summed E-state index contributed by atoms with van der Waals surface area (Å²) in [5.41, 5.74) is 7.97. The minimum Gasteiger partial charge on any atom is -0.485 e. The number of aromatic nitrogens is 8. The van der Waals surface area contributed by atoms with E-state index in [9.17, 15) is 49.1 Å². The lowest BCUT2D eigenvalue weighted by Gasteiger charge is -2.23. The first-order chi connectivity index (χ1) is 33.6. The molecule has 18 nitrogen and oxygen atoms in total. The Kier molecular flexibility index (Phi) is 16.2. The third kappa shape index (κ3) is 11.4. The van der Waals surface area contributed by atoms with Gasteiger partial charge in [-0.3, -0.25) is 18.9 Å². The number of amides is 2. The van der Waals surface area contributed by atoms with Crippen molar-refractivity contribution >= 4 is 38.2 Å². The lowest BCUT2D eigenvalue weighted by atomic mass is 10.1. The molecule has 3 radical (unpaired) electrons. The maximum atomic E-state index is 13.9. The number of rotatable bonds is 8. The van der Waals surface area contributed by atoms with Gasteiger partial charge in [0.25, 0.3) is 0 Å². The molecule has 4 aliphatic rings. The Bertz CT molecular complexity index is 2940. The zero-order chi connectivity index (χ0) is 51.1. The average molecular weight is 1030 g/mol. The number of ether oxygens (including phenoxy) is 4. The summed E-state index contributed by atoms with van der Waals surface area (Å²) in [4.78, 5) is 49.4. The van der Waals surface area contributed by atoms with Crippen molar-refractivity contribution in [2.24, 2.45) is 5.73 Å². The van der Waals surface area contributed by atoms with E-state index in [-0.39, 0.29) is 77.4 Å². The molecule has 2 aromatic carbocycles. The van der Waals surface area contributed by atoms with Gasteiger partial charge in [-0.1, -0.05) is 7.43 Å². The van der Waals surface area contributed by atoms with Crippen LogP contribution in [0, 0.1) is 6.08 Å². The highest BCUT2D eigenvalue weighted by Crippen LogP contribution is 2.40. The zero-order valence-electron chi connectivity index (χ0n) is 38.2. The lowest BCUT2D eigenvalue weighted by Crippen LogP contribution is -2.39. The second kappa shape index (κ2) is 21.6. The number of carbonyl (C=O) groups excluding carboxylic acids is 2. The van der Waals surface area contributed by atoms with E-state index in [2.05, 4.69) is 35.2 Å². The number of fused-ring (bicyclic) bond motifs is 6. The molecule has 387 valence electrons. The zero-order valence-corrected chi connectivity index (χ0v) is 38.2. The van der Waals surface area contributed by atoms with Crippen LogP contribution in [-0.2, 0) is 35.0 Å². The van der Waals surface area contributed by atoms with Gasteiger partial charge >= 0.3 is 30.6 Å². The predicted octanol–water partition coefficient (Wildman–Crippen LogP) is 8.79. The Morgan fingerprint density at radius 1 is 0.658 bits per heavy atom. The molecule has 0 bridgehead atoms. The number of nitrogens with zero attached hydrogens (tertiary/aromatic N) is 10. The Morgan fingerprint density at radius 2 is 1.11 bits per heavy atom. The molecule has 0 saturated carbocycles. The van der Waals surface area contributed by atoms with Crippen LogP contribution in [0.25, 0.3) is 11.4 Å². The Morgan fingerprint density at radius 3 is 1.56 bits per heavy atom. The number of nitrogens with one attached hydrogen (secondary N) is 1. The number of cyclic esters (lactones) is 2.